The molecule has 0 aromatic carbocycles. The Balaban J connectivity index is 1.96. The maximum Gasteiger partial charge on any atom is 0.170 e. The second kappa shape index (κ2) is 6.73. The van der Waals surface area contributed by atoms with Gasteiger partial charge < -0.3 is 13.9 Å². The summed E-state index contributed by atoms with van der Waals surface area (Å²) in [6.45, 7) is 5.40. The molecule has 3 heterocycles. The third-order valence-electron chi connectivity index (χ3n) is 4.13. The van der Waals surface area contributed by atoms with Crippen LogP contribution < -0.4 is 0 Å². The highest BCUT2D eigenvalue weighted by molar-refractivity contribution is 6.08. The van der Waals surface area contributed by atoms with Crippen LogP contribution in [0.25, 0.3) is 11.8 Å². The highest BCUT2D eigenvalue weighted by Crippen LogP contribution is 2.28. The number of methoxy groups -OCH3 is 1. The SMILES string of the molecule is CCCCn1c(C)ccc1/C=C1/N=CC(n2cccc2)=C1OC. The number of aryl methyl sites for hydroxylation is 1. The second-order valence-corrected chi connectivity index (χ2v) is 5.70. The molecule has 4 nitrogen and oxygen atoms in total. The molecule has 1 aliphatic heterocycles. The van der Waals surface area contributed by atoms with E-state index in [0.29, 0.717) is 0 Å². The van der Waals surface area contributed by atoms with Gasteiger partial charge in [0.15, 0.2) is 5.76 Å². The maximum absolute atomic E-state index is 5.62. The molecule has 0 saturated carbocycles. The summed E-state index contributed by atoms with van der Waals surface area (Å²) >= 11 is 0. The molecule has 0 saturated heterocycles. The smallest absolute Gasteiger partial charge is 0.170 e. The lowest BCUT2D eigenvalue weighted by Crippen LogP contribution is -2.03. The predicted molar refractivity (Wildman–Crippen MR) is 95.2 cm³/mol. The third kappa shape index (κ3) is 3.02. The van der Waals surface area contributed by atoms with Crippen molar-refractivity contribution in [2.45, 2.75) is 33.2 Å². The summed E-state index contributed by atoms with van der Waals surface area (Å²) in [4.78, 5) is 4.55. The van der Waals surface area contributed by atoms with Crippen LogP contribution in [-0.4, -0.2) is 22.5 Å². The number of nitrogens with zero attached hydrogens (tertiary/aromatic N) is 3. The Morgan fingerprint density at radius 2 is 2.00 bits per heavy atom. The van der Waals surface area contributed by atoms with Crippen LogP contribution in [0.5, 0.6) is 0 Å². The number of aromatic nitrogens is 2. The van der Waals surface area contributed by atoms with Gasteiger partial charge in [0.1, 0.15) is 11.4 Å². The number of unbranched alkanes of at least 4 members (excludes halogenated alkanes) is 1. The highest BCUT2D eigenvalue weighted by Gasteiger charge is 2.18. The molecule has 3 rings (SSSR count). The van der Waals surface area contributed by atoms with Crippen molar-refractivity contribution in [3.8, 4) is 0 Å². The van der Waals surface area contributed by atoms with Crippen LogP contribution in [0, 0.1) is 6.92 Å². The molecule has 0 aliphatic carbocycles. The van der Waals surface area contributed by atoms with Crippen LogP contribution >= 0.6 is 0 Å². The Morgan fingerprint density at radius 3 is 2.70 bits per heavy atom. The summed E-state index contributed by atoms with van der Waals surface area (Å²) in [6.07, 6.45) is 10.3. The molecule has 0 amide bonds. The zero-order chi connectivity index (χ0) is 16.2. The molecule has 4 heteroatoms. The van der Waals surface area contributed by atoms with Crippen LogP contribution in [0.2, 0.25) is 0 Å². The van der Waals surface area contributed by atoms with E-state index in [1.165, 1.54) is 24.2 Å². The molecular weight excluding hydrogens is 286 g/mol. The van der Waals surface area contributed by atoms with Crippen molar-refractivity contribution in [3.63, 3.8) is 0 Å². The highest BCUT2D eigenvalue weighted by atomic mass is 16.5. The minimum Gasteiger partial charge on any atom is -0.492 e. The van der Waals surface area contributed by atoms with Crippen molar-refractivity contribution in [1.82, 2.24) is 9.13 Å². The fraction of sp³-hybridized carbons (Fsp3) is 0.316. The van der Waals surface area contributed by atoms with Gasteiger partial charge in [-0.25, -0.2) is 0 Å². The molecule has 0 atom stereocenters. The van der Waals surface area contributed by atoms with Gasteiger partial charge in [-0.2, -0.15) is 0 Å². The molecule has 0 spiro atoms. The summed E-state index contributed by atoms with van der Waals surface area (Å²) in [5.41, 5.74) is 4.28. The summed E-state index contributed by atoms with van der Waals surface area (Å²) in [7, 11) is 1.70. The van der Waals surface area contributed by atoms with E-state index in [1.54, 1.807) is 7.11 Å². The van der Waals surface area contributed by atoms with Crippen LogP contribution in [0.15, 0.2) is 53.1 Å². The first-order chi connectivity index (χ1) is 11.2. The minimum atomic E-state index is 0.807. The van der Waals surface area contributed by atoms with Crippen molar-refractivity contribution < 1.29 is 4.74 Å². The third-order valence-corrected chi connectivity index (χ3v) is 4.13. The lowest BCUT2D eigenvalue weighted by molar-refractivity contribution is 0.303. The monoisotopic (exact) mass is 309 g/mol. The fourth-order valence-corrected chi connectivity index (χ4v) is 2.85. The average Bonchev–Trinajstić information content (AvgIpc) is 3.27. The number of hydrogen-bond acceptors (Lipinski definition) is 2. The van der Waals surface area contributed by atoms with Gasteiger partial charge >= 0.3 is 0 Å². The molecule has 23 heavy (non-hydrogen) atoms. The van der Waals surface area contributed by atoms with Gasteiger partial charge in [-0.1, -0.05) is 13.3 Å². The molecule has 2 aromatic heterocycles. The number of allylic oxidation sites excluding steroid dienone is 1. The van der Waals surface area contributed by atoms with E-state index >= 15 is 0 Å². The topological polar surface area (TPSA) is 31.4 Å². The van der Waals surface area contributed by atoms with E-state index in [-0.39, 0.29) is 0 Å². The predicted octanol–water partition coefficient (Wildman–Crippen LogP) is 4.34. The molecule has 2 aromatic rings. The van der Waals surface area contributed by atoms with E-state index < -0.39 is 0 Å². The zero-order valence-corrected chi connectivity index (χ0v) is 14.0. The van der Waals surface area contributed by atoms with Gasteiger partial charge in [0, 0.05) is 30.3 Å². The lowest BCUT2D eigenvalue weighted by atomic mass is 10.2. The average molecular weight is 309 g/mol. The summed E-state index contributed by atoms with van der Waals surface area (Å²) in [6, 6.07) is 8.29. The molecule has 0 N–H and O–H groups in total. The van der Waals surface area contributed by atoms with Crippen LogP contribution in [-0.2, 0) is 11.3 Å². The Kier molecular flexibility index (Phi) is 4.51. The van der Waals surface area contributed by atoms with Gasteiger partial charge in [-0.15, -0.1) is 0 Å². The van der Waals surface area contributed by atoms with Gasteiger partial charge in [0.05, 0.1) is 13.3 Å². The number of ether oxygens (including phenoxy) is 1. The van der Waals surface area contributed by atoms with E-state index in [1.807, 2.05) is 35.3 Å². The van der Waals surface area contributed by atoms with Crippen molar-refractivity contribution >= 4 is 18.0 Å². The Morgan fingerprint density at radius 1 is 1.22 bits per heavy atom. The zero-order valence-electron chi connectivity index (χ0n) is 14.0. The molecule has 120 valence electrons. The molecular formula is C19H23N3O. The fourth-order valence-electron chi connectivity index (χ4n) is 2.85. The molecule has 1 aliphatic rings. The minimum absolute atomic E-state index is 0.807. The van der Waals surface area contributed by atoms with Crippen molar-refractivity contribution in [2.24, 2.45) is 4.99 Å². The summed E-state index contributed by atoms with van der Waals surface area (Å²) in [5.74, 6) is 0.807. The van der Waals surface area contributed by atoms with Crippen molar-refractivity contribution in [2.75, 3.05) is 7.11 Å². The number of hydrogen-bond donors (Lipinski definition) is 0. The Bertz CT molecular complexity index is 761. The Labute approximate surface area is 137 Å². The van der Waals surface area contributed by atoms with Crippen molar-refractivity contribution in [3.05, 3.63) is 59.5 Å². The number of aliphatic imine (C=N–C) groups is 1. The van der Waals surface area contributed by atoms with Gasteiger partial charge in [-0.3, -0.25) is 4.99 Å². The molecule has 0 unspecified atom stereocenters. The van der Waals surface area contributed by atoms with E-state index in [0.717, 1.165) is 23.7 Å². The lowest BCUT2D eigenvalue weighted by Gasteiger charge is -2.10. The Hall–Kier alpha value is -2.49. The quantitative estimate of drug-likeness (QED) is 0.781. The van der Waals surface area contributed by atoms with E-state index in [4.69, 9.17) is 4.74 Å². The summed E-state index contributed by atoms with van der Waals surface area (Å²) in [5, 5.41) is 0. The van der Waals surface area contributed by atoms with Crippen molar-refractivity contribution in [1.29, 1.82) is 0 Å². The second-order valence-electron chi connectivity index (χ2n) is 5.70. The van der Waals surface area contributed by atoms with E-state index in [9.17, 15) is 0 Å². The van der Waals surface area contributed by atoms with E-state index in [2.05, 4.69) is 41.6 Å². The first kappa shape index (κ1) is 15.4. The standard InChI is InChI=1S/C19H23N3O/c1-4-5-12-22-15(2)8-9-16(22)13-17-19(23-3)18(14-20-17)21-10-6-7-11-21/h6-11,13-14H,4-5,12H2,1-3H3/b17-13+. The number of rotatable bonds is 6. The van der Waals surface area contributed by atoms with Gasteiger partial charge in [0.2, 0.25) is 0 Å². The van der Waals surface area contributed by atoms with Crippen LogP contribution in [0.4, 0.5) is 0 Å². The van der Waals surface area contributed by atoms with Crippen LogP contribution in [0.1, 0.15) is 31.2 Å². The summed E-state index contributed by atoms with van der Waals surface area (Å²) < 4.78 is 9.98. The first-order valence-electron chi connectivity index (χ1n) is 8.08. The van der Waals surface area contributed by atoms with Gasteiger partial charge in [0.25, 0.3) is 0 Å². The maximum atomic E-state index is 5.62. The van der Waals surface area contributed by atoms with Crippen LogP contribution in [0.3, 0.4) is 0 Å². The molecule has 0 bridgehead atoms. The molecule has 0 radical (unpaired) electrons. The molecule has 0 fully saturated rings. The first-order valence-corrected chi connectivity index (χ1v) is 8.08. The van der Waals surface area contributed by atoms with Gasteiger partial charge in [-0.05, 0) is 43.7 Å². The normalized spacial score (nSPS) is 15.9. The largest absolute Gasteiger partial charge is 0.492 e.